The van der Waals surface area contributed by atoms with Gasteiger partial charge < -0.3 is 14.8 Å². The molecule has 19 heavy (non-hydrogen) atoms. The maximum Gasteiger partial charge on any atom is 0.258 e. The van der Waals surface area contributed by atoms with E-state index in [9.17, 15) is 4.79 Å². The average molecular weight is 260 g/mol. The number of hydrogen-bond donors (Lipinski definition) is 1. The molecule has 1 aliphatic heterocycles. The van der Waals surface area contributed by atoms with Gasteiger partial charge in [0.05, 0.1) is 11.7 Å². The number of nitriles is 1. The number of amides is 1. The van der Waals surface area contributed by atoms with E-state index in [0.717, 1.165) is 19.4 Å². The van der Waals surface area contributed by atoms with Crippen molar-refractivity contribution in [2.75, 3.05) is 19.8 Å². The largest absolute Gasteiger partial charge is 0.482 e. The predicted molar refractivity (Wildman–Crippen MR) is 68.6 cm³/mol. The Hall–Kier alpha value is -2.06. The van der Waals surface area contributed by atoms with Gasteiger partial charge in [0.1, 0.15) is 11.8 Å². The number of hydrogen-bond acceptors (Lipinski definition) is 4. The molecule has 0 radical (unpaired) electrons. The molecule has 1 aliphatic rings. The Morgan fingerprint density at radius 2 is 2.37 bits per heavy atom. The van der Waals surface area contributed by atoms with Gasteiger partial charge in [-0.3, -0.25) is 4.79 Å². The molecule has 0 bridgehead atoms. The number of rotatable bonds is 5. The van der Waals surface area contributed by atoms with Crippen LogP contribution in [0, 0.1) is 11.3 Å². The van der Waals surface area contributed by atoms with Gasteiger partial charge in [-0.15, -0.1) is 0 Å². The Morgan fingerprint density at radius 3 is 3.11 bits per heavy atom. The number of nitrogens with zero attached hydrogens (tertiary/aromatic N) is 1. The molecule has 5 heteroatoms. The lowest BCUT2D eigenvalue weighted by atomic mass is 10.2. The fourth-order valence-corrected chi connectivity index (χ4v) is 1.91. The van der Waals surface area contributed by atoms with Crippen LogP contribution in [0.25, 0.3) is 0 Å². The van der Waals surface area contributed by atoms with E-state index in [2.05, 4.69) is 5.32 Å². The Labute approximate surface area is 112 Å². The van der Waals surface area contributed by atoms with E-state index in [1.54, 1.807) is 24.3 Å². The van der Waals surface area contributed by atoms with Gasteiger partial charge in [-0.25, -0.2) is 0 Å². The summed E-state index contributed by atoms with van der Waals surface area (Å²) in [7, 11) is 0. The Kier molecular flexibility index (Phi) is 4.76. The van der Waals surface area contributed by atoms with E-state index in [1.807, 2.05) is 6.07 Å². The monoisotopic (exact) mass is 260 g/mol. The lowest BCUT2D eigenvalue weighted by Crippen LogP contribution is -2.35. The van der Waals surface area contributed by atoms with Crippen LogP contribution in [0.3, 0.4) is 0 Å². The minimum absolute atomic E-state index is 0.0919. The molecule has 100 valence electrons. The van der Waals surface area contributed by atoms with Crippen molar-refractivity contribution in [3.63, 3.8) is 0 Å². The normalized spacial score (nSPS) is 17.7. The zero-order valence-corrected chi connectivity index (χ0v) is 10.6. The van der Waals surface area contributed by atoms with Crippen LogP contribution in [-0.2, 0) is 9.53 Å². The second kappa shape index (κ2) is 6.76. The third kappa shape index (κ3) is 3.97. The van der Waals surface area contributed by atoms with Crippen molar-refractivity contribution in [2.45, 2.75) is 18.9 Å². The van der Waals surface area contributed by atoms with E-state index in [1.165, 1.54) is 0 Å². The maximum absolute atomic E-state index is 11.6. The SMILES string of the molecule is N#Cc1ccccc1OCC(=O)NC[C@@H]1CCCO1. The first kappa shape index (κ1) is 13.4. The quantitative estimate of drug-likeness (QED) is 0.864. The molecule has 1 fully saturated rings. The van der Waals surface area contributed by atoms with Crippen molar-refractivity contribution in [3.05, 3.63) is 29.8 Å². The first-order valence-corrected chi connectivity index (χ1v) is 6.30. The standard InChI is InChI=1S/C14H16N2O3/c15-8-11-4-1-2-6-13(11)19-10-14(17)16-9-12-5-3-7-18-12/h1-2,4,6,12H,3,5,7,9-10H2,(H,16,17)/t12-/m0/s1. The zero-order chi connectivity index (χ0) is 13.5. The highest BCUT2D eigenvalue weighted by atomic mass is 16.5. The molecule has 1 aromatic carbocycles. The van der Waals surface area contributed by atoms with E-state index in [-0.39, 0.29) is 18.6 Å². The minimum atomic E-state index is -0.205. The fourth-order valence-electron chi connectivity index (χ4n) is 1.91. The predicted octanol–water partition coefficient (Wildman–Crippen LogP) is 1.23. The maximum atomic E-state index is 11.6. The first-order valence-electron chi connectivity index (χ1n) is 6.30. The summed E-state index contributed by atoms with van der Waals surface area (Å²) >= 11 is 0. The summed E-state index contributed by atoms with van der Waals surface area (Å²) in [4.78, 5) is 11.6. The molecule has 1 heterocycles. The number of nitrogens with one attached hydrogen (secondary N) is 1. The molecule has 1 atom stereocenters. The van der Waals surface area contributed by atoms with Gasteiger partial charge in [0, 0.05) is 13.2 Å². The molecule has 0 spiro atoms. The third-order valence-electron chi connectivity index (χ3n) is 2.92. The van der Waals surface area contributed by atoms with Crippen LogP contribution in [0.1, 0.15) is 18.4 Å². The van der Waals surface area contributed by atoms with Crippen LogP contribution >= 0.6 is 0 Å². The van der Waals surface area contributed by atoms with Gasteiger partial charge in [-0.1, -0.05) is 12.1 Å². The van der Waals surface area contributed by atoms with Crippen molar-refractivity contribution in [3.8, 4) is 11.8 Å². The first-order chi connectivity index (χ1) is 9.29. The molecule has 0 saturated carbocycles. The number of benzene rings is 1. The van der Waals surface area contributed by atoms with Gasteiger partial charge in [0.15, 0.2) is 6.61 Å². The second-order valence-electron chi connectivity index (χ2n) is 4.34. The number of ether oxygens (including phenoxy) is 2. The molecule has 1 saturated heterocycles. The van der Waals surface area contributed by atoms with E-state index >= 15 is 0 Å². The summed E-state index contributed by atoms with van der Waals surface area (Å²) in [6.07, 6.45) is 2.15. The molecular weight excluding hydrogens is 244 g/mol. The van der Waals surface area contributed by atoms with Gasteiger partial charge in [0.2, 0.25) is 0 Å². The lowest BCUT2D eigenvalue weighted by molar-refractivity contribution is -0.123. The highest BCUT2D eigenvalue weighted by molar-refractivity contribution is 5.77. The van der Waals surface area contributed by atoms with Gasteiger partial charge in [-0.05, 0) is 25.0 Å². The van der Waals surface area contributed by atoms with Gasteiger partial charge >= 0.3 is 0 Å². The fraction of sp³-hybridized carbons (Fsp3) is 0.429. The smallest absolute Gasteiger partial charge is 0.258 e. The third-order valence-corrected chi connectivity index (χ3v) is 2.92. The number of carbonyl (C=O) groups excluding carboxylic acids is 1. The molecule has 1 N–H and O–H groups in total. The van der Waals surface area contributed by atoms with E-state index in [0.29, 0.717) is 17.9 Å². The Morgan fingerprint density at radius 1 is 1.53 bits per heavy atom. The minimum Gasteiger partial charge on any atom is -0.482 e. The highest BCUT2D eigenvalue weighted by Crippen LogP contribution is 2.16. The molecule has 1 amide bonds. The molecule has 0 aliphatic carbocycles. The highest BCUT2D eigenvalue weighted by Gasteiger charge is 2.16. The van der Waals surface area contributed by atoms with Gasteiger partial charge in [-0.2, -0.15) is 5.26 Å². The van der Waals surface area contributed by atoms with Crippen molar-refractivity contribution in [1.29, 1.82) is 5.26 Å². The summed E-state index contributed by atoms with van der Waals surface area (Å²) in [5.74, 6) is 0.223. The summed E-state index contributed by atoms with van der Waals surface area (Å²) in [6, 6.07) is 8.86. The molecule has 5 nitrogen and oxygen atoms in total. The number of carbonyl (C=O) groups is 1. The zero-order valence-electron chi connectivity index (χ0n) is 10.6. The van der Waals surface area contributed by atoms with Crippen molar-refractivity contribution < 1.29 is 14.3 Å². The Bertz CT molecular complexity index is 476. The van der Waals surface area contributed by atoms with Crippen molar-refractivity contribution in [1.82, 2.24) is 5.32 Å². The van der Waals surface area contributed by atoms with Crippen LogP contribution in [0.5, 0.6) is 5.75 Å². The van der Waals surface area contributed by atoms with Crippen LogP contribution in [0.15, 0.2) is 24.3 Å². The lowest BCUT2D eigenvalue weighted by Gasteiger charge is -2.11. The topological polar surface area (TPSA) is 71.3 Å². The number of para-hydroxylation sites is 1. The molecule has 2 rings (SSSR count). The Balaban J connectivity index is 1.75. The van der Waals surface area contributed by atoms with E-state index in [4.69, 9.17) is 14.7 Å². The van der Waals surface area contributed by atoms with E-state index < -0.39 is 0 Å². The molecule has 0 unspecified atom stereocenters. The van der Waals surface area contributed by atoms with Gasteiger partial charge in [0.25, 0.3) is 5.91 Å². The summed E-state index contributed by atoms with van der Waals surface area (Å²) in [5, 5.41) is 11.6. The van der Waals surface area contributed by atoms with Crippen LogP contribution in [0.4, 0.5) is 0 Å². The molecular formula is C14H16N2O3. The summed E-state index contributed by atoms with van der Waals surface area (Å²) in [6.45, 7) is 1.19. The van der Waals surface area contributed by atoms with Crippen molar-refractivity contribution in [2.24, 2.45) is 0 Å². The summed E-state index contributed by atoms with van der Waals surface area (Å²) in [5.41, 5.74) is 0.425. The van der Waals surface area contributed by atoms with Crippen LogP contribution in [0.2, 0.25) is 0 Å². The van der Waals surface area contributed by atoms with Crippen molar-refractivity contribution >= 4 is 5.91 Å². The average Bonchev–Trinajstić information content (AvgIpc) is 2.96. The van der Waals surface area contributed by atoms with Crippen LogP contribution in [-0.4, -0.2) is 31.8 Å². The second-order valence-corrected chi connectivity index (χ2v) is 4.34. The summed E-state index contributed by atoms with van der Waals surface area (Å²) < 4.78 is 10.7. The molecule has 0 aromatic heterocycles. The molecule has 1 aromatic rings. The van der Waals surface area contributed by atoms with Crippen LogP contribution < -0.4 is 10.1 Å².